The smallest absolute Gasteiger partial charge is 0.319 e. The van der Waals surface area contributed by atoms with Crippen molar-refractivity contribution < 1.29 is 13.2 Å². The second kappa shape index (κ2) is 4.51. The number of nitrogens with one attached hydrogen (secondary N) is 1. The van der Waals surface area contributed by atoms with Crippen LogP contribution < -0.4 is 5.56 Å². The Bertz CT molecular complexity index is 857. The number of aromatic nitrogens is 2. The molecule has 6 heteroatoms. The van der Waals surface area contributed by atoms with Gasteiger partial charge in [-0.2, -0.15) is 13.2 Å². The lowest BCUT2D eigenvalue weighted by atomic mass is 10.1. The molecule has 21 heavy (non-hydrogen) atoms. The highest BCUT2D eigenvalue weighted by Gasteiger charge is 2.30. The van der Waals surface area contributed by atoms with E-state index in [2.05, 4.69) is 4.98 Å². The molecule has 108 valence electrons. The molecule has 0 bridgehead atoms. The lowest BCUT2D eigenvalue weighted by Crippen LogP contribution is -2.11. The van der Waals surface area contributed by atoms with Crippen molar-refractivity contribution >= 4 is 5.52 Å². The lowest BCUT2D eigenvalue weighted by Gasteiger charge is -2.08. The van der Waals surface area contributed by atoms with E-state index in [1.807, 2.05) is 6.92 Å². The Morgan fingerprint density at radius 2 is 1.71 bits per heavy atom. The predicted octanol–water partition coefficient (Wildman–Crippen LogP) is 3.62. The number of hydrogen-bond acceptors (Lipinski definition) is 1. The highest BCUT2D eigenvalue weighted by atomic mass is 19.4. The highest BCUT2D eigenvalue weighted by Crippen LogP contribution is 2.30. The van der Waals surface area contributed by atoms with Crippen molar-refractivity contribution in [2.75, 3.05) is 0 Å². The van der Waals surface area contributed by atoms with E-state index >= 15 is 0 Å². The molecule has 0 fully saturated rings. The van der Waals surface area contributed by atoms with E-state index in [1.165, 1.54) is 12.1 Å². The number of H-pyrrole nitrogens is 1. The van der Waals surface area contributed by atoms with Crippen molar-refractivity contribution in [2.24, 2.45) is 0 Å². The molecular weight excluding hydrogens is 281 g/mol. The van der Waals surface area contributed by atoms with Gasteiger partial charge in [0.05, 0.1) is 11.3 Å². The monoisotopic (exact) mass is 292 g/mol. The van der Waals surface area contributed by atoms with Gasteiger partial charge in [-0.3, -0.25) is 4.79 Å². The molecular formula is C15H11F3N2O. The molecule has 3 aromatic rings. The number of alkyl halides is 3. The third-order valence-corrected chi connectivity index (χ3v) is 3.38. The maximum atomic E-state index is 12.5. The van der Waals surface area contributed by atoms with Gasteiger partial charge in [0.15, 0.2) is 0 Å². The Balaban J connectivity index is 2.12. The maximum absolute atomic E-state index is 12.5. The molecule has 0 saturated carbocycles. The molecule has 0 aliphatic heterocycles. The molecule has 0 aliphatic rings. The van der Waals surface area contributed by atoms with E-state index in [-0.39, 0.29) is 5.56 Å². The standard InChI is InChI=1S/C15H11F3N2O/c1-9-2-7-13-14(21)19-12(8-20(9)13)10-3-5-11(6-4-10)15(16,17)18/h2-8H,1H3,(H,19,21). The lowest BCUT2D eigenvalue weighted by molar-refractivity contribution is -0.137. The summed E-state index contributed by atoms with van der Waals surface area (Å²) < 4.78 is 39.3. The van der Waals surface area contributed by atoms with Crippen LogP contribution in [0.1, 0.15) is 11.3 Å². The van der Waals surface area contributed by atoms with E-state index in [0.717, 1.165) is 17.8 Å². The minimum absolute atomic E-state index is 0.277. The van der Waals surface area contributed by atoms with E-state index in [0.29, 0.717) is 16.8 Å². The fourth-order valence-electron chi connectivity index (χ4n) is 2.24. The van der Waals surface area contributed by atoms with Gasteiger partial charge < -0.3 is 9.38 Å². The summed E-state index contributed by atoms with van der Waals surface area (Å²) in [5.41, 5.74) is 1.38. The second-order valence-corrected chi connectivity index (χ2v) is 4.80. The molecule has 0 amide bonds. The minimum atomic E-state index is -4.37. The van der Waals surface area contributed by atoms with Crippen molar-refractivity contribution in [3.63, 3.8) is 0 Å². The van der Waals surface area contributed by atoms with Gasteiger partial charge in [-0.05, 0) is 36.8 Å². The van der Waals surface area contributed by atoms with Crippen LogP contribution in [0, 0.1) is 6.92 Å². The Labute approximate surface area is 117 Å². The van der Waals surface area contributed by atoms with Gasteiger partial charge in [-0.1, -0.05) is 12.1 Å². The van der Waals surface area contributed by atoms with Crippen LogP contribution in [0.3, 0.4) is 0 Å². The predicted molar refractivity (Wildman–Crippen MR) is 73.2 cm³/mol. The van der Waals surface area contributed by atoms with E-state index in [1.54, 1.807) is 22.7 Å². The van der Waals surface area contributed by atoms with Crippen molar-refractivity contribution in [3.05, 3.63) is 64.2 Å². The van der Waals surface area contributed by atoms with Crippen LogP contribution in [0.15, 0.2) is 47.4 Å². The molecule has 1 N–H and O–H groups in total. The van der Waals surface area contributed by atoms with Crippen molar-refractivity contribution in [1.29, 1.82) is 0 Å². The zero-order chi connectivity index (χ0) is 15.2. The van der Waals surface area contributed by atoms with Crippen LogP contribution in [-0.4, -0.2) is 9.38 Å². The summed E-state index contributed by atoms with van der Waals surface area (Å²) in [6.07, 6.45) is -2.67. The fourth-order valence-corrected chi connectivity index (χ4v) is 2.24. The zero-order valence-electron chi connectivity index (χ0n) is 11.0. The quantitative estimate of drug-likeness (QED) is 0.730. The zero-order valence-corrected chi connectivity index (χ0v) is 11.0. The van der Waals surface area contributed by atoms with Gasteiger partial charge >= 0.3 is 6.18 Å². The highest BCUT2D eigenvalue weighted by molar-refractivity contribution is 5.61. The first kappa shape index (κ1) is 13.5. The largest absolute Gasteiger partial charge is 0.416 e. The first-order chi connectivity index (χ1) is 9.86. The van der Waals surface area contributed by atoms with Gasteiger partial charge in [-0.15, -0.1) is 0 Å². The number of hydrogen-bond donors (Lipinski definition) is 1. The van der Waals surface area contributed by atoms with Gasteiger partial charge in [0, 0.05) is 11.9 Å². The number of fused-ring (bicyclic) bond motifs is 1. The van der Waals surface area contributed by atoms with Crippen LogP contribution >= 0.6 is 0 Å². The Morgan fingerprint density at radius 3 is 2.33 bits per heavy atom. The molecule has 0 unspecified atom stereocenters. The van der Waals surface area contributed by atoms with Crippen molar-refractivity contribution in [2.45, 2.75) is 13.1 Å². The molecule has 1 aromatic carbocycles. The number of halogens is 3. The minimum Gasteiger partial charge on any atom is -0.319 e. The number of aryl methyl sites for hydroxylation is 1. The molecule has 0 radical (unpaired) electrons. The molecule has 0 saturated heterocycles. The van der Waals surface area contributed by atoms with Gasteiger partial charge in [-0.25, -0.2) is 0 Å². The van der Waals surface area contributed by atoms with Crippen LogP contribution in [0.2, 0.25) is 0 Å². The van der Waals surface area contributed by atoms with E-state index < -0.39 is 11.7 Å². The first-order valence-electron chi connectivity index (χ1n) is 6.25. The second-order valence-electron chi connectivity index (χ2n) is 4.80. The van der Waals surface area contributed by atoms with Crippen molar-refractivity contribution in [1.82, 2.24) is 9.38 Å². The maximum Gasteiger partial charge on any atom is 0.416 e. The average Bonchev–Trinajstić information content (AvgIpc) is 2.80. The summed E-state index contributed by atoms with van der Waals surface area (Å²) in [5, 5.41) is 0. The third-order valence-electron chi connectivity index (χ3n) is 3.38. The van der Waals surface area contributed by atoms with Crippen LogP contribution in [0.4, 0.5) is 13.2 Å². The molecule has 0 atom stereocenters. The Hall–Kier alpha value is -2.50. The Kier molecular flexibility index (Phi) is 2.90. The first-order valence-corrected chi connectivity index (χ1v) is 6.25. The number of nitrogens with zero attached hydrogens (tertiary/aromatic N) is 1. The molecule has 2 heterocycles. The van der Waals surface area contributed by atoms with Crippen molar-refractivity contribution in [3.8, 4) is 11.3 Å². The number of aromatic amines is 1. The van der Waals surface area contributed by atoms with E-state index in [4.69, 9.17) is 0 Å². The van der Waals surface area contributed by atoms with Gasteiger partial charge in [0.2, 0.25) is 0 Å². The summed E-state index contributed by atoms with van der Waals surface area (Å²) in [6, 6.07) is 8.20. The topological polar surface area (TPSA) is 37.3 Å². The summed E-state index contributed by atoms with van der Waals surface area (Å²) in [7, 11) is 0. The molecule has 0 spiro atoms. The number of rotatable bonds is 1. The molecule has 2 aromatic heterocycles. The van der Waals surface area contributed by atoms with Gasteiger partial charge in [0.25, 0.3) is 5.56 Å². The summed E-state index contributed by atoms with van der Waals surface area (Å²) in [6.45, 7) is 1.85. The van der Waals surface area contributed by atoms with Gasteiger partial charge in [0.1, 0.15) is 5.52 Å². The summed E-state index contributed by atoms with van der Waals surface area (Å²) in [4.78, 5) is 14.6. The summed E-state index contributed by atoms with van der Waals surface area (Å²) >= 11 is 0. The Morgan fingerprint density at radius 1 is 1.05 bits per heavy atom. The average molecular weight is 292 g/mol. The number of benzene rings is 1. The van der Waals surface area contributed by atoms with Crippen LogP contribution in [-0.2, 0) is 6.18 Å². The fraction of sp³-hybridized carbons (Fsp3) is 0.133. The SMILES string of the molecule is Cc1ccc2c(=O)[nH]c(-c3ccc(C(F)(F)F)cc3)cn12. The van der Waals surface area contributed by atoms with Crippen LogP contribution in [0.25, 0.3) is 16.8 Å². The summed E-state index contributed by atoms with van der Waals surface area (Å²) in [5.74, 6) is 0. The van der Waals surface area contributed by atoms with Crippen LogP contribution in [0.5, 0.6) is 0 Å². The van der Waals surface area contributed by atoms with E-state index in [9.17, 15) is 18.0 Å². The normalized spacial score (nSPS) is 12.0. The molecule has 3 nitrogen and oxygen atoms in total. The molecule has 3 rings (SSSR count). The molecule has 0 aliphatic carbocycles. The third kappa shape index (κ3) is 2.33.